The Bertz CT molecular complexity index is 420. The number of fused-ring (bicyclic) bond motifs is 1. The van der Waals surface area contributed by atoms with Gasteiger partial charge < -0.3 is 19.3 Å². The maximum atomic E-state index is 11.9. The van der Waals surface area contributed by atoms with Crippen molar-refractivity contribution in [3.8, 4) is 0 Å². The summed E-state index contributed by atoms with van der Waals surface area (Å²) in [7, 11) is 0. The molecule has 2 saturated heterocycles. The van der Waals surface area contributed by atoms with Crippen molar-refractivity contribution in [2.24, 2.45) is 11.8 Å². The molecule has 4 bridgehead atoms. The maximum absolute atomic E-state index is 11.9. The first-order valence-corrected chi connectivity index (χ1v) is 7.16. The third kappa shape index (κ3) is 2.54. The van der Waals surface area contributed by atoms with Crippen molar-refractivity contribution < 1.29 is 28.9 Å². The molecule has 2 saturated carbocycles. The first kappa shape index (κ1) is 13.8. The lowest BCUT2D eigenvalue weighted by Crippen LogP contribution is -2.47. The molecule has 2 aliphatic heterocycles. The van der Waals surface area contributed by atoms with Crippen LogP contribution in [0.3, 0.4) is 0 Å². The summed E-state index contributed by atoms with van der Waals surface area (Å²) in [5.74, 6) is -0.441. The molecule has 2 aliphatic carbocycles. The highest BCUT2D eigenvalue weighted by atomic mass is 16.7. The third-order valence-corrected chi connectivity index (χ3v) is 4.62. The Kier molecular flexibility index (Phi) is 3.46. The Morgan fingerprint density at radius 2 is 2.25 bits per heavy atom. The van der Waals surface area contributed by atoms with Crippen LogP contribution in [0.1, 0.15) is 39.0 Å². The fraction of sp³-hybridized carbons (Fsp3) is 0.857. The van der Waals surface area contributed by atoms with Gasteiger partial charge >= 0.3 is 11.9 Å². The highest BCUT2D eigenvalue weighted by Crippen LogP contribution is 2.51. The summed E-state index contributed by atoms with van der Waals surface area (Å²) in [6, 6.07) is 0. The number of ether oxygens (including phenoxy) is 3. The molecule has 4 aliphatic rings. The van der Waals surface area contributed by atoms with Crippen molar-refractivity contribution in [2.75, 3.05) is 6.79 Å². The quantitative estimate of drug-likeness (QED) is 0.606. The molecule has 5 unspecified atom stereocenters. The van der Waals surface area contributed by atoms with Gasteiger partial charge in [-0.05, 0) is 38.5 Å². The molecule has 1 N–H and O–H groups in total. The van der Waals surface area contributed by atoms with E-state index in [0.29, 0.717) is 18.8 Å². The standard InChI is InChI=1S/C14H20O6/c1-8(15)12(16)18-7-19-14-4-9-2-10(5-14)13(17)20-11(3-9)6-14/h8-11,15H,2-7H2,1H3. The lowest BCUT2D eigenvalue weighted by Gasteiger charge is -2.45. The van der Waals surface area contributed by atoms with Crippen molar-refractivity contribution in [3.63, 3.8) is 0 Å². The van der Waals surface area contributed by atoms with Crippen molar-refractivity contribution in [2.45, 2.75) is 56.8 Å². The molecule has 0 aromatic carbocycles. The molecule has 20 heavy (non-hydrogen) atoms. The minimum Gasteiger partial charge on any atom is -0.462 e. The lowest BCUT2D eigenvalue weighted by molar-refractivity contribution is -0.198. The molecule has 0 amide bonds. The van der Waals surface area contributed by atoms with E-state index in [-0.39, 0.29) is 24.8 Å². The second-order valence-electron chi connectivity index (χ2n) is 6.29. The first-order valence-electron chi connectivity index (χ1n) is 7.16. The number of carbonyl (C=O) groups is 2. The van der Waals surface area contributed by atoms with Gasteiger partial charge in [0.2, 0.25) is 0 Å². The first-order chi connectivity index (χ1) is 9.47. The van der Waals surface area contributed by atoms with Crippen LogP contribution >= 0.6 is 0 Å². The number of rotatable bonds is 4. The van der Waals surface area contributed by atoms with Gasteiger partial charge in [-0.25, -0.2) is 4.79 Å². The minimum absolute atomic E-state index is 0.0683. The molecule has 5 atom stereocenters. The van der Waals surface area contributed by atoms with Crippen molar-refractivity contribution in [3.05, 3.63) is 0 Å². The molecule has 4 fully saturated rings. The molecule has 6 nitrogen and oxygen atoms in total. The zero-order valence-electron chi connectivity index (χ0n) is 11.5. The summed E-state index contributed by atoms with van der Waals surface area (Å²) in [5, 5.41) is 9.07. The predicted octanol–water partition coefficient (Wildman–Crippen LogP) is 0.759. The molecule has 112 valence electrons. The minimum atomic E-state index is -1.15. The topological polar surface area (TPSA) is 82.1 Å². The number of carbonyl (C=O) groups excluding carboxylic acids is 2. The van der Waals surface area contributed by atoms with Crippen molar-refractivity contribution in [1.29, 1.82) is 0 Å². The Morgan fingerprint density at radius 3 is 3.00 bits per heavy atom. The molecule has 0 aromatic heterocycles. The summed E-state index contributed by atoms with van der Waals surface area (Å²) in [6.07, 6.45) is 2.80. The molecule has 6 heteroatoms. The Balaban J connectivity index is 1.64. The van der Waals surface area contributed by atoms with E-state index in [4.69, 9.17) is 19.3 Å². The van der Waals surface area contributed by atoms with E-state index in [1.807, 2.05) is 0 Å². The summed E-state index contributed by atoms with van der Waals surface area (Å²) < 4.78 is 16.1. The normalized spacial score (nSPS) is 40.1. The summed E-state index contributed by atoms with van der Waals surface area (Å²) in [4.78, 5) is 23.1. The van der Waals surface area contributed by atoms with Crippen molar-refractivity contribution >= 4 is 11.9 Å². The third-order valence-electron chi connectivity index (χ3n) is 4.62. The predicted molar refractivity (Wildman–Crippen MR) is 66.4 cm³/mol. The monoisotopic (exact) mass is 284 g/mol. The second kappa shape index (κ2) is 5.00. The van der Waals surface area contributed by atoms with Gasteiger partial charge in [0.25, 0.3) is 0 Å². The number of hydrogen-bond donors (Lipinski definition) is 1. The highest BCUT2D eigenvalue weighted by molar-refractivity contribution is 5.74. The van der Waals surface area contributed by atoms with Crippen LogP contribution in [0.2, 0.25) is 0 Å². The summed E-state index contributed by atoms with van der Waals surface area (Å²) in [5.41, 5.74) is -0.415. The Morgan fingerprint density at radius 1 is 1.45 bits per heavy atom. The average molecular weight is 284 g/mol. The van der Waals surface area contributed by atoms with E-state index in [1.54, 1.807) is 0 Å². The molecular formula is C14H20O6. The van der Waals surface area contributed by atoms with Crippen LogP contribution in [0.25, 0.3) is 0 Å². The van der Waals surface area contributed by atoms with Crippen LogP contribution < -0.4 is 0 Å². The number of aliphatic hydroxyl groups is 1. The fourth-order valence-corrected chi connectivity index (χ4v) is 3.88. The molecule has 0 aromatic rings. The van der Waals surface area contributed by atoms with Gasteiger partial charge in [0.1, 0.15) is 12.2 Å². The molecule has 0 spiro atoms. The van der Waals surface area contributed by atoms with Gasteiger partial charge in [-0.3, -0.25) is 4.79 Å². The zero-order chi connectivity index (χ0) is 14.3. The highest BCUT2D eigenvalue weighted by Gasteiger charge is 2.53. The van der Waals surface area contributed by atoms with E-state index in [9.17, 15) is 9.59 Å². The molecule has 4 rings (SSSR count). The van der Waals surface area contributed by atoms with Crippen LogP contribution in [0.4, 0.5) is 0 Å². The van der Waals surface area contributed by atoms with E-state index in [1.165, 1.54) is 6.92 Å². The zero-order valence-corrected chi connectivity index (χ0v) is 11.5. The van der Waals surface area contributed by atoms with Gasteiger partial charge in [0, 0.05) is 6.42 Å². The van der Waals surface area contributed by atoms with Crippen LogP contribution in [0, 0.1) is 11.8 Å². The van der Waals surface area contributed by atoms with Gasteiger partial charge in [-0.1, -0.05) is 0 Å². The van der Waals surface area contributed by atoms with E-state index >= 15 is 0 Å². The lowest BCUT2D eigenvalue weighted by atomic mass is 9.65. The van der Waals surface area contributed by atoms with Gasteiger partial charge in [0.05, 0.1) is 11.5 Å². The van der Waals surface area contributed by atoms with Crippen LogP contribution in [-0.2, 0) is 23.8 Å². The van der Waals surface area contributed by atoms with E-state index in [2.05, 4.69) is 0 Å². The van der Waals surface area contributed by atoms with Crippen LogP contribution in [0.15, 0.2) is 0 Å². The van der Waals surface area contributed by atoms with Crippen LogP contribution in [-0.4, -0.2) is 41.6 Å². The fourth-order valence-electron chi connectivity index (χ4n) is 3.88. The van der Waals surface area contributed by atoms with Gasteiger partial charge in [-0.15, -0.1) is 0 Å². The van der Waals surface area contributed by atoms with Gasteiger partial charge in [-0.2, -0.15) is 0 Å². The van der Waals surface area contributed by atoms with Crippen molar-refractivity contribution in [1.82, 2.24) is 0 Å². The molecule has 2 heterocycles. The largest absolute Gasteiger partial charge is 0.462 e. The number of aliphatic hydroxyl groups excluding tert-OH is 1. The average Bonchev–Trinajstić information content (AvgIpc) is 2.51. The van der Waals surface area contributed by atoms with E-state index in [0.717, 1.165) is 19.3 Å². The second-order valence-corrected chi connectivity index (χ2v) is 6.29. The number of hydrogen-bond acceptors (Lipinski definition) is 6. The van der Waals surface area contributed by atoms with Crippen LogP contribution in [0.5, 0.6) is 0 Å². The maximum Gasteiger partial charge on any atom is 0.336 e. The molecular weight excluding hydrogens is 264 g/mol. The SMILES string of the molecule is CC(O)C(=O)OCOC12CC3CC(C1)OC(=O)C(C3)C2. The van der Waals surface area contributed by atoms with Gasteiger partial charge in [0.15, 0.2) is 6.79 Å². The van der Waals surface area contributed by atoms with E-state index < -0.39 is 17.7 Å². The molecule has 0 radical (unpaired) electrons. The Hall–Kier alpha value is -1.14. The number of esters is 2. The Labute approximate surface area is 117 Å². The summed E-state index contributed by atoms with van der Waals surface area (Å²) >= 11 is 0. The summed E-state index contributed by atoms with van der Waals surface area (Å²) in [6.45, 7) is 1.18. The smallest absolute Gasteiger partial charge is 0.336 e.